The maximum Gasteiger partial charge on any atom is 0.329 e. The first kappa shape index (κ1) is 15.4. The van der Waals surface area contributed by atoms with E-state index in [1.807, 2.05) is 18.2 Å². The fraction of sp³-hybridized carbons (Fsp3) is 0.529. The van der Waals surface area contributed by atoms with Crippen LogP contribution in [0, 0.1) is 5.92 Å². The number of carbonyl (C=O) groups is 2. The van der Waals surface area contributed by atoms with Crippen molar-refractivity contribution in [2.45, 2.75) is 37.1 Å². The molecule has 118 valence electrons. The summed E-state index contributed by atoms with van der Waals surface area (Å²) in [6, 6.07) is 10.2. The molecule has 2 aliphatic rings. The first-order valence-electron chi connectivity index (χ1n) is 7.78. The van der Waals surface area contributed by atoms with Crippen molar-refractivity contribution in [3.8, 4) is 0 Å². The molecule has 1 aromatic carbocycles. The first-order valence-corrected chi connectivity index (χ1v) is 8.93. The molecular weight excluding hydrogens is 298 g/mol. The standard InChI is InChI=1S/C17H21NO3S/c19-15(18-17(16(20)21)6-8-22-9-7-17)11-13-10-14(13)12-4-2-1-3-5-12/h1-5,13-14H,6-11H2,(H,18,19)(H,20,21)/t13-,14-/m0/s1. The van der Waals surface area contributed by atoms with E-state index in [9.17, 15) is 14.7 Å². The molecule has 0 unspecified atom stereocenters. The van der Waals surface area contributed by atoms with Crippen molar-refractivity contribution in [3.05, 3.63) is 35.9 Å². The third-order valence-electron chi connectivity index (χ3n) is 4.73. The van der Waals surface area contributed by atoms with Crippen LogP contribution in [0.5, 0.6) is 0 Å². The number of carboxylic acids is 1. The summed E-state index contributed by atoms with van der Waals surface area (Å²) in [5, 5.41) is 12.3. The highest BCUT2D eigenvalue weighted by Crippen LogP contribution is 2.49. The lowest BCUT2D eigenvalue weighted by atomic mass is 9.92. The number of nitrogens with one attached hydrogen (secondary N) is 1. The summed E-state index contributed by atoms with van der Waals surface area (Å²) in [4.78, 5) is 23.8. The fourth-order valence-electron chi connectivity index (χ4n) is 3.25. The van der Waals surface area contributed by atoms with E-state index < -0.39 is 11.5 Å². The number of amides is 1. The lowest BCUT2D eigenvalue weighted by Crippen LogP contribution is -2.56. The Balaban J connectivity index is 1.56. The number of rotatable bonds is 5. The van der Waals surface area contributed by atoms with Crippen molar-refractivity contribution in [2.24, 2.45) is 5.92 Å². The van der Waals surface area contributed by atoms with Crippen molar-refractivity contribution in [1.82, 2.24) is 5.32 Å². The molecule has 1 amide bonds. The predicted molar refractivity (Wildman–Crippen MR) is 87.0 cm³/mol. The number of aliphatic carboxylic acids is 1. The van der Waals surface area contributed by atoms with E-state index in [2.05, 4.69) is 17.4 Å². The summed E-state index contributed by atoms with van der Waals surface area (Å²) >= 11 is 1.75. The molecule has 2 N–H and O–H groups in total. The minimum absolute atomic E-state index is 0.113. The molecule has 4 nitrogen and oxygen atoms in total. The quantitative estimate of drug-likeness (QED) is 0.875. The summed E-state index contributed by atoms with van der Waals surface area (Å²) in [7, 11) is 0. The maximum atomic E-state index is 12.3. The lowest BCUT2D eigenvalue weighted by Gasteiger charge is -2.33. The van der Waals surface area contributed by atoms with Gasteiger partial charge in [-0.05, 0) is 48.2 Å². The number of benzene rings is 1. The third-order valence-corrected chi connectivity index (χ3v) is 5.72. The molecule has 1 aliphatic carbocycles. The second kappa shape index (κ2) is 6.32. The smallest absolute Gasteiger partial charge is 0.329 e. The Kier molecular flexibility index (Phi) is 4.43. The predicted octanol–water partition coefficient (Wildman–Crippen LogP) is 2.65. The van der Waals surface area contributed by atoms with Crippen LogP contribution < -0.4 is 5.32 Å². The van der Waals surface area contributed by atoms with Gasteiger partial charge < -0.3 is 10.4 Å². The molecule has 0 aromatic heterocycles. The minimum Gasteiger partial charge on any atom is -0.480 e. The molecule has 0 bridgehead atoms. The van der Waals surface area contributed by atoms with E-state index in [-0.39, 0.29) is 5.91 Å². The van der Waals surface area contributed by atoms with E-state index >= 15 is 0 Å². The molecule has 1 saturated heterocycles. The van der Waals surface area contributed by atoms with Crippen LogP contribution in [0.1, 0.15) is 37.2 Å². The van der Waals surface area contributed by atoms with Gasteiger partial charge in [0.1, 0.15) is 5.54 Å². The van der Waals surface area contributed by atoms with Crippen LogP contribution in [0.2, 0.25) is 0 Å². The van der Waals surface area contributed by atoms with E-state index in [4.69, 9.17) is 0 Å². The van der Waals surface area contributed by atoms with Crippen LogP contribution in [-0.4, -0.2) is 34.0 Å². The van der Waals surface area contributed by atoms with E-state index in [0.717, 1.165) is 17.9 Å². The van der Waals surface area contributed by atoms with Crippen molar-refractivity contribution in [2.75, 3.05) is 11.5 Å². The van der Waals surface area contributed by atoms with Gasteiger partial charge in [0.25, 0.3) is 0 Å². The van der Waals surface area contributed by atoms with Crippen molar-refractivity contribution in [1.29, 1.82) is 0 Å². The van der Waals surface area contributed by atoms with Crippen LogP contribution in [-0.2, 0) is 9.59 Å². The first-order chi connectivity index (χ1) is 10.6. The van der Waals surface area contributed by atoms with Gasteiger partial charge >= 0.3 is 5.97 Å². The monoisotopic (exact) mass is 319 g/mol. The highest BCUT2D eigenvalue weighted by Gasteiger charge is 2.44. The number of hydrogen-bond acceptors (Lipinski definition) is 3. The van der Waals surface area contributed by atoms with E-state index in [1.54, 1.807) is 11.8 Å². The molecule has 5 heteroatoms. The molecule has 1 aliphatic heterocycles. The van der Waals surface area contributed by atoms with Crippen molar-refractivity contribution >= 4 is 23.6 Å². The summed E-state index contributed by atoms with van der Waals surface area (Å²) in [6.45, 7) is 0. The summed E-state index contributed by atoms with van der Waals surface area (Å²) in [5.74, 6) is 1.39. The summed E-state index contributed by atoms with van der Waals surface area (Å²) in [5.41, 5.74) is 0.238. The van der Waals surface area contributed by atoms with Crippen LogP contribution in [0.25, 0.3) is 0 Å². The summed E-state index contributed by atoms with van der Waals surface area (Å²) in [6.07, 6.45) is 2.49. The Morgan fingerprint density at radius 3 is 2.55 bits per heavy atom. The highest BCUT2D eigenvalue weighted by atomic mass is 32.2. The van der Waals surface area contributed by atoms with Gasteiger partial charge in [-0.25, -0.2) is 4.79 Å². The third kappa shape index (κ3) is 3.29. The molecule has 3 rings (SSSR count). The van der Waals surface area contributed by atoms with Crippen LogP contribution in [0.3, 0.4) is 0 Å². The zero-order chi connectivity index (χ0) is 15.6. The van der Waals surface area contributed by atoms with Gasteiger partial charge in [-0.2, -0.15) is 11.8 Å². The zero-order valence-corrected chi connectivity index (χ0v) is 13.3. The molecule has 1 aromatic rings. The number of carboxylic acid groups (broad SMARTS) is 1. The number of thioether (sulfide) groups is 1. The van der Waals surface area contributed by atoms with Crippen LogP contribution >= 0.6 is 11.8 Å². The number of hydrogen-bond donors (Lipinski definition) is 2. The Morgan fingerprint density at radius 1 is 1.23 bits per heavy atom. The van der Waals surface area contributed by atoms with E-state index in [0.29, 0.717) is 31.1 Å². The molecule has 22 heavy (non-hydrogen) atoms. The van der Waals surface area contributed by atoms with Gasteiger partial charge in [-0.3, -0.25) is 4.79 Å². The Labute approximate surface area is 134 Å². The minimum atomic E-state index is -1.04. The zero-order valence-electron chi connectivity index (χ0n) is 12.5. The van der Waals surface area contributed by atoms with Gasteiger partial charge in [0.15, 0.2) is 0 Å². The molecule has 0 radical (unpaired) electrons. The normalized spacial score (nSPS) is 26.2. The van der Waals surface area contributed by atoms with Gasteiger partial charge in [0.2, 0.25) is 5.91 Å². The molecule has 0 spiro atoms. The number of carbonyl (C=O) groups excluding carboxylic acids is 1. The molecule has 1 saturated carbocycles. The van der Waals surface area contributed by atoms with Gasteiger partial charge in [-0.1, -0.05) is 30.3 Å². The fourth-order valence-corrected chi connectivity index (χ4v) is 4.44. The average molecular weight is 319 g/mol. The largest absolute Gasteiger partial charge is 0.480 e. The highest BCUT2D eigenvalue weighted by molar-refractivity contribution is 7.99. The summed E-state index contributed by atoms with van der Waals surface area (Å²) < 4.78 is 0. The van der Waals surface area contributed by atoms with Crippen molar-refractivity contribution < 1.29 is 14.7 Å². The van der Waals surface area contributed by atoms with E-state index in [1.165, 1.54) is 5.56 Å². The van der Waals surface area contributed by atoms with Gasteiger partial charge in [0.05, 0.1) is 0 Å². The van der Waals surface area contributed by atoms with Crippen LogP contribution in [0.4, 0.5) is 0 Å². The SMILES string of the molecule is O=C(C[C@@H]1C[C@H]1c1ccccc1)NC1(C(=O)O)CCSCC1. The van der Waals surface area contributed by atoms with Crippen molar-refractivity contribution in [3.63, 3.8) is 0 Å². The molecule has 2 atom stereocenters. The Hall–Kier alpha value is -1.49. The van der Waals surface area contributed by atoms with Gasteiger partial charge in [-0.15, -0.1) is 0 Å². The second-order valence-electron chi connectivity index (χ2n) is 6.26. The molecule has 1 heterocycles. The lowest BCUT2D eigenvalue weighted by molar-refractivity contribution is -0.148. The molecular formula is C17H21NO3S. The second-order valence-corrected chi connectivity index (χ2v) is 7.49. The molecule has 2 fully saturated rings. The topological polar surface area (TPSA) is 66.4 Å². The van der Waals surface area contributed by atoms with Crippen LogP contribution in [0.15, 0.2) is 30.3 Å². The Morgan fingerprint density at radius 2 is 1.91 bits per heavy atom. The maximum absolute atomic E-state index is 12.3. The van der Waals surface area contributed by atoms with Gasteiger partial charge in [0, 0.05) is 6.42 Å². The average Bonchev–Trinajstić information content (AvgIpc) is 3.28. The Bertz CT molecular complexity index is 554.